The molecule has 82 valence electrons. The molecular weight excluding hydrogens is 208 g/mol. The molecule has 0 saturated carbocycles. The number of hydrogen-bond donors (Lipinski definition) is 1. The lowest BCUT2D eigenvalue weighted by atomic mass is 10.1. The summed E-state index contributed by atoms with van der Waals surface area (Å²) in [5, 5.41) is 28.4. The number of nitrogens with one attached hydrogen (secondary N) is 1. The highest BCUT2D eigenvalue weighted by Gasteiger charge is 2.24. The van der Waals surface area contributed by atoms with Gasteiger partial charge in [-0.05, 0) is 0 Å². The molecule has 6 nitrogen and oxygen atoms in total. The van der Waals surface area contributed by atoms with Crippen LogP contribution in [0.2, 0.25) is 0 Å². The van der Waals surface area contributed by atoms with Crippen LogP contribution in [-0.2, 0) is 0 Å². The van der Waals surface area contributed by atoms with Crippen molar-refractivity contribution >= 4 is 5.69 Å². The first-order valence-corrected chi connectivity index (χ1v) is 4.96. The Morgan fingerprint density at radius 3 is 2.81 bits per heavy atom. The predicted octanol–water partition coefficient (Wildman–Crippen LogP) is 0.102. The molecule has 6 heteroatoms. The Morgan fingerprint density at radius 2 is 2.12 bits per heavy atom. The third kappa shape index (κ3) is 1.27. The molecule has 0 radical (unpaired) electrons. The largest absolute Gasteiger partial charge is 0.612 e. The van der Waals surface area contributed by atoms with Gasteiger partial charge in [-0.1, -0.05) is 12.1 Å². The SMILES string of the molecule is [O-][N+]([O-])=c1cccc2c(N3CC3)c[nH]nc1-2. The Balaban J connectivity index is 2.33. The molecule has 2 aliphatic heterocycles. The summed E-state index contributed by atoms with van der Waals surface area (Å²) >= 11 is 0. The minimum absolute atomic E-state index is 0.0393. The van der Waals surface area contributed by atoms with Gasteiger partial charge < -0.3 is 15.3 Å². The van der Waals surface area contributed by atoms with Crippen molar-refractivity contribution in [1.29, 1.82) is 0 Å². The average molecular weight is 217 g/mol. The lowest BCUT2D eigenvalue weighted by molar-refractivity contribution is 0.934. The predicted molar refractivity (Wildman–Crippen MR) is 59.4 cm³/mol. The zero-order chi connectivity index (χ0) is 11.1. The number of aromatic amines is 1. The summed E-state index contributed by atoms with van der Waals surface area (Å²) < 4.78 is 0. The van der Waals surface area contributed by atoms with E-state index in [9.17, 15) is 10.4 Å². The molecule has 1 saturated heterocycles. The summed E-state index contributed by atoms with van der Waals surface area (Å²) in [5.74, 6) is 0. The number of fused-ring (bicyclic) bond motifs is 1. The highest BCUT2D eigenvalue weighted by Crippen LogP contribution is 2.30. The molecule has 0 bridgehead atoms. The van der Waals surface area contributed by atoms with Crippen LogP contribution in [0.4, 0.5) is 5.69 Å². The molecule has 1 N–H and O–H groups in total. The van der Waals surface area contributed by atoms with Crippen LogP contribution >= 0.6 is 0 Å². The fourth-order valence-corrected chi connectivity index (χ4v) is 1.79. The maximum absolute atomic E-state index is 10.8. The Morgan fingerprint density at radius 1 is 1.31 bits per heavy atom. The summed E-state index contributed by atoms with van der Waals surface area (Å²) in [6.07, 6.45) is 1.78. The Bertz CT molecular complexity index is 569. The van der Waals surface area contributed by atoms with E-state index in [1.165, 1.54) is 6.07 Å². The van der Waals surface area contributed by atoms with Crippen molar-refractivity contribution in [3.8, 4) is 11.3 Å². The summed E-state index contributed by atoms with van der Waals surface area (Å²) in [7, 11) is 0. The molecule has 0 aromatic carbocycles. The second kappa shape index (κ2) is 3.13. The van der Waals surface area contributed by atoms with Crippen molar-refractivity contribution in [2.45, 2.75) is 0 Å². The van der Waals surface area contributed by atoms with E-state index in [1.54, 1.807) is 12.3 Å². The van der Waals surface area contributed by atoms with E-state index in [0.717, 1.165) is 24.3 Å². The van der Waals surface area contributed by atoms with Crippen LogP contribution in [0.25, 0.3) is 11.3 Å². The van der Waals surface area contributed by atoms with Crippen molar-refractivity contribution in [1.82, 2.24) is 15.1 Å². The van der Waals surface area contributed by atoms with E-state index in [1.807, 2.05) is 6.07 Å². The summed E-state index contributed by atoms with van der Waals surface area (Å²) in [4.78, 5) is 1.72. The second-order valence-corrected chi connectivity index (χ2v) is 3.69. The van der Waals surface area contributed by atoms with Crippen molar-refractivity contribution < 1.29 is 0 Å². The smallest absolute Gasteiger partial charge is 0.251 e. The minimum Gasteiger partial charge on any atom is -0.612 e. The number of nitrogens with zero attached hydrogens (tertiary/aromatic N) is 3. The van der Waals surface area contributed by atoms with E-state index in [0.29, 0.717) is 5.69 Å². The molecule has 0 unspecified atom stereocenters. The molecule has 0 spiro atoms. The van der Waals surface area contributed by atoms with Crippen molar-refractivity contribution in [2.24, 2.45) is 0 Å². The van der Waals surface area contributed by atoms with Crippen LogP contribution in [0, 0.1) is 10.4 Å². The zero-order valence-corrected chi connectivity index (χ0v) is 8.38. The highest BCUT2D eigenvalue weighted by molar-refractivity contribution is 5.77. The van der Waals surface area contributed by atoms with Crippen LogP contribution in [-0.4, -0.2) is 23.3 Å². The lowest BCUT2D eigenvalue weighted by Gasteiger charge is -2.12. The molecular formula is C10H9N4O2-. The van der Waals surface area contributed by atoms with Crippen LogP contribution in [0.3, 0.4) is 0 Å². The van der Waals surface area contributed by atoms with Gasteiger partial charge in [0.15, 0.2) is 5.69 Å². The third-order valence-corrected chi connectivity index (χ3v) is 2.65. The van der Waals surface area contributed by atoms with Gasteiger partial charge in [0, 0.05) is 30.9 Å². The zero-order valence-electron chi connectivity index (χ0n) is 8.38. The molecule has 3 aliphatic rings. The summed E-state index contributed by atoms with van der Waals surface area (Å²) in [6.45, 7) is 1.99. The van der Waals surface area contributed by atoms with Gasteiger partial charge in [0.2, 0.25) is 0 Å². The fraction of sp³-hybridized carbons (Fsp3) is 0.200. The van der Waals surface area contributed by atoms with Gasteiger partial charge in [0.25, 0.3) is 5.36 Å². The van der Waals surface area contributed by atoms with Gasteiger partial charge in [-0.15, -0.1) is 0 Å². The standard InChI is InChI=1S/C10H9N4O2/c15-14(16)8-3-1-2-7-9(13-4-5-13)6-11-12-10(7)8/h1-3,6,11H,4-5H2/q-1. The summed E-state index contributed by atoms with van der Waals surface area (Å²) in [6, 6.07) is 5.02. The number of hydrogen-bond acceptors (Lipinski definition) is 4. The molecule has 0 aromatic rings. The van der Waals surface area contributed by atoms with Gasteiger partial charge in [0.05, 0.1) is 5.69 Å². The van der Waals surface area contributed by atoms with E-state index in [-0.39, 0.29) is 5.36 Å². The Hall–Kier alpha value is -2.24. The number of H-pyrrole nitrogens is 1. The van der Waals surface area contributed by atoms with E-state index >= 15 is 0 Å². The highest BCUT2D eigenvalue weighted by atomic mass is 16.8. The van der Waals surface area contributed by atoms with Crippen LogP contribution in [0.5, 0.6) is 0 Å². The maximum atomic E-state index is 10.8. The molecule has 3 rings (SSSR count). The minimum atomic E-state index is -0.408. The topological polar surface area (TPSA) is 80.8 Å². The van der Waals surface area contributed by atoms with E-state index in [2.05, 4.69) is 15.1 Å². The fourth-order valence-electron chi connectivity index (χ4n) is 1.79. The van der Waals surface area contributed by atoms with Gasteiger partial charge in [-0.3, -0.25) is 5.10 Å². The maximum Gasteiger partial charge on any atom is 0.251 e. The van der Waals surface area contributed by atoms with Gasteiger partial charge in [-0.25, -0.2) is 0 Å². The molecule has 16 heavy (non-hydrogen) atoms. The Labute approximate surface area is 91.0 Å². The van der Waals surface area contributed by atoms with Crippen LogP contribution < -0.4 is 15.2 Å². The van der Waals surface area contributed by atoms with Crippen LogP contribution in [0.15, 0.2) is 24.4 Å². The van der Waals surface area contributed by atoms with Gasteiger partial charge in [-0.2, -0.15) is 10.0 Å². The molecule has 1 aliphatic carbocycles. The average Bonchev–Trinajstić information content (AvgIpc) is 3.11. The lowest BCUT2D eigenvalue weighted by Crippen LogP contribution is -2.22. The molecule has 0 amide bonds. The van der Waals surface area contributed by atoms with Gasteiger partial charge >= 0.3 is 0 Å². The molecule has 0 atom stereocenters. The van der Waals surface area contributed by atoms with E-state index in [4.69, 9.17) is 0 Å². The normalized spacial score (nSPS) is 14.1. The molecule has 0 aromatic heterocycles. The molecule has 2 heterocycles. The van der Waals surface area contributed by atoms with Crippen molar-refractivity contribution in [3.05, 3.63) is 40.2 Å². The first-order valence-electron chi connectivity index (χ1n) is 4.96. The number of benzene rings is 1. The number of anilines is 1. The second-order valence-electron chi connectivity index (χ2n) is 3.69. The van der Waals surface area contributed by atoms with Crippen molar-refractivity contribution in [2.75, 3.05) is 18.0 Å². The monoisotopic (exact) mass is 217 g/mol. The molecule has 1 fully saturated rings. The van der Waals surface area contributed by atoms with Gasteiger partial charge in [0.1, 0.15) is 0 Å². The van der Waals surface area contributed by atoms with E-state index < -0.39 is 4.90 Å². The van der Waals surface area contributed by atoms with Crippen molar-refractivity contribution in [3.63, 3.8) is 0 Å². The quantitative estimate of drug-likeness (QED) is 0.542. The summed E-state index contributed by atoms with van der Waals surface area (Å²) in [5.41, 5.74) is 2.22. The first-order chi connectivity index (χ1) is 7.77. The number of rotatable bonds is 1. The number of aromatic nitrogens is 2. The first kappa shape index (κ1) is 9.02. The Kier molecular flexibility index (Phi) is 1.76. The van der Waals surface area contributed by atoms with Crippen LogP contribution in [0.1, 0.15) is 0 Å². The number of para-hydroxylation sites is 1. The third-order valence-electron chi connectivity index (χ3n) is 2.65.